The summed E-state index contributed by atoms with van der Waals surface area (Å²) in [5.41, 5.74) is 12.9. The molecule has 0 radical (unpaired) electrons. The molecule has 0 spiro atoms. The van der Waals surface area contributed by atoms with E-state index in [1.807, 2.05) is 0 Å². The van der Waals surface area contributed by atoms with Crippen molar-refractivity contribution in [3.63, 3.8) is 0 Å². The molecule has 0 aliphatic carbocycles. The monoisotopic (exact) mass is 450 g/mol. The molecular weight excluding hydrogens is 426 g/mol. The van der Waals surface area contributed by atoms with Crippen LogP contribution in [-0.2, 0) is 7.05 Å². The van der Waals surface area contributed by atoms with Gasteiger partial charge in [0.05, 0.1) is 11.3 Å². The lowest BCUT2D eigenvalue weighted by atomic mass is 9.89. The van der Waals surface area contributed by atoms with Crippen molar-refractivity contribution in [1.29, 1.82) is 0 Å². The molecule has 0 bridgehead atoms. The van der Waals surface area contributed by atoms with Crippen molar-refractivity contribution in [3.05, 3.63) is 115 Å². The minimum atomic E-state index is 0.971. The van der Waals surface area contributed by atoms with E-state index in [1.165, 1.54) is 39.1 Å². The summed E-state index contributed by atoms with van der Waals surface area (Å²) < 4.78 is 4.60. The topological polar surface area (TPSA) is 21.7 Å². The van der Waals surface area contributed by atoms with Gasteiger partial charge in [0, 0.05) is 17.2 Å². The summed E-state index contributed by atoms with van der Waals surface area (Å²) in [4.78, 5) is 5.27. The van der Waals surface area contributed by atoms with E-state index in [1.54, 1.807) is 0 Å². The maximum atomic E-state index is 5.27. The van der Waals surface area contributed by atoms with Gasteiger partial charge in [-0.05, 0) is 41.3 Å². The predicted octanol–water partition coefficient (Wildman–Crippen LogP) is 7.14. The van der Waals surface area contributed by atoms with Gasteiger partial charge < -0.3 is 0 Å². The number of benzene rings is 4. The van der Waals surface area contributed by atoms with Gasteiger partial charge in [0.15, 0.2) is 6.20 Å². The Labute approximate surface area is 204 Å². The molecule has 6 aromatic rings. The van der Waals surface area contributed by atoms with Crippen LogP contribution in [0.1, 0.15) is 5.56 Å². The molecule has 0 saturated carbocycles. The van der Waals surface area contributed by atoms with E-state index < -0.39 is 0 Å². The van der Waals surface area contributed by atoms with Crippen molar-refractivity contribution in [3.8, 4) is 50.6 Å². The van der Waals surface area contributed by atoms with E-state index in [0.717, 1.165) is 28.1 Å². The molecule has 3 heterocycles. The Morgan fingerprint density at radius 3 is 1.86 bits per heavy atom. The highest BCUT2D eigenvalue weighted by molar-refractivity contribution is 6.00. The van der Waals surface area contributed by atoms with Crippen molar-refractivity contribution in [2.75, 3.05) is 0 Å². The zero-order chi connectivity index (χ0) is 23.5. The van der Waals surface area contributed by atoms with Crippen molar-refractivity contribution in [2.45, 2.75) is 6.92 Å². The predicted molar refractivity (Wildman–Crippen MR) is 142 cm³/mol. The highest BCUT2D eigenvalue weighted by Gasteiger charge is 2.29. The lowest BCUT2D eigenvalue weighted by Gasteiger charge is -2.22. The van der Waals surface area contributed by atoms with Gasteiger partial charge in [-0.1, -0.05) is 84.9 Å². The molecule has 0 unspecified atom stereocenters. The van der Waals surface area contributed by atoms with Gasteiger partial charge in [0.25, 0.3) is 0 Å². The van der Waals surface area contributed by atoms with E-state index in [-0.39, 0.29) is 0 Å². The summed E-state index contributed by atoms with van der Waals surface area (Å²) in [6.45, 7) is 2.18. The third-order valence-electron chi connectivity index (χ3n) is 7.16. The number of aromatic nitrogens is 3. The SMILES string of the molecule is Cc1ccccc1-c1c2c(cc[n+]1C)nc1n2-c2ccccc2-c2ccccc2-c2ccccc2-1. The fourth-order valence-corrected chi connectivity index (χ4v) is 5.54. The van der Waals surface area contributed by atoms with E-state index in [9.17, 15) is 0 Å². The third-order valence-corrected chi connectivity index (χ3v) is 7.16. The van der Waals surface area contributed by atoms with E-state index >= 15 is 0 Å². The van der Waals surface area contributed by atoms with Crippen LogP contribution in [0.2, 0.25) is 0 Å². The van der Waals surface area contributed by atoms with Crippen LogP contribution in [0.5, 0.6) is 0 Å². The Morgan fingerprint density at radius 2 is 1.14 bits per heavy atom. The number of nitrogens with zero attached hydrogens (tertiary/aromatic N) is 3. The van der Waals surface area contributed by atoms with Gasteiger partial charge in [-0.3, -0.25) is 4.57 Å². The first-order chi connectivity index (χ1) is 17.2. The maximum absolute atomic E-state index is 5.27. The third kappa shape index (κ3) is 2.85. The first kappa shape index (κ1) is 19.9. The van der Waals surface area contributed by atoms with E-state index in [0.29, 0.717) is 0 Å². The average Bonchev–Trinajstić information content (AvgIpc) is 3.27. The van der Waals surface area contributed by atoms with Crippen molar-refractivity contribution in [2.24, 2.45) is 7.05 Å². The smallest absolute Gasteiger partial charge is 0.239 e. The van der Waals surface area contributed by atoms with Gasteiger partial charge in [0.1, 0.15) is 23.9 Å². The Bertz CT molecular complexity index is 1770. The molecule has 4 aromatic carbocycles. The highest BCUT2D eigenvalue weighted by Crippen LogP contribution is 2.45. The normalized spacial score (nSPS) is 11.7. The van der Waals surface area contributed by atoms with Gasteiger partial charge in [-0.15, -0.1) is 0 Å². The molecule has 0 amide bonds. The molecule has 35 heavy (non-hydrogen) atoms. The van der Waals surface area contributed by atoms with Crippen LogP contribution in [0, 0.1) is 6.92 Å². The number of hydrogen-bond acceptors (Lipinski definition) is 1. The minimum absolute atomic E-state index is 0.971. The fourth-order valence-electron chi connectivity index (χ4n) is 5.54. The Kier molecular flexibility index (Phi) is 4.27. The first-order valence-corrected chi connectivity index (χ1v) is 12.0. The largest absolute Gasteiger partial charge is 0.286 e. The Hall–Kier alpha value is -4.50. The number of imidazole rings is 1. The summed E-state index contributed by atoms with van der Waals surface area (Å²) in [7, 11) is 2.12. The molecule has 166 valence electrons. The number of rotatable bonds is 1. The molecule has 0 saturated heterocycles. The minimum Gasteiger partial charge on any atom is -0.286 e. The number of pyridine rings is 1. The summed E-state index contributed by atoms with van der Waals surface area (Å²) in [6, 6.07) is 36.8. The zero-order valence-corrected chi connectivity index (χ0v) is 19.7. The van der Waals surface area contributed by atoms with Gasteiger partial charge in [0.2, 0.25) is 5.69 Å². The van der Waals surface area contributed by atoms with E-state index in [4.69, 9.17) is 4.98 Å². The summed E-state index contributed by atoms with van der Waals surface area (Å²) in [6.07, 6.45) is 2.12. The van der Waals surface area contributed by atoms with Gasteiger partial charge in [-0.2, -0.15) is 4.57 Å². The molecule has 0 atom stereocenters. The molecule has 3 nitrogen and oxygen atoms in total. The van der Waals surface area contributed by atoms with Crippen molar-refractivity contribution < 1.29 is 4.57 Å². The molecule has 1 aliphatic heterocycles. The summed E-state index contributed by atoms with van der Waals surface area (Å²) in [5.74, 6) is 0.971. The number of hydrogen-bond donors (Lipinski definition) is 0. The maximum Gasteiger partial charge on any atom is 0.239 e. The van der Waals surface area contributed by atoms with Crippen LogP contribution in [0.3, 0.4) is 0 Å². The van der Waals surface area contributed by atoms with Crippen LogP contribution >= 0.6 is 0 Å². The van der Waals surface area contributed by atoms with E-state index in [2.05, 4.69) is 132 Å². The quantitative estimate of drug-likeness (QED) is 0.244. The summed E-state index contributed by atoms with van der Waals surface area (Å²) in [5, 5.41) is 0. The van der Waals surface area contributed by atoms with Gasteiger partial charge >= 0.3 is 0 Å². The zero-order valence-electron chi connectivity index (χ0n) is 19.7. The van der Waals surface area contributed by atoms with Crippen LogP contribution in [0.4, 0.5) is 0 Å². The highest BCUT2D eigenvalue weighted by atomic mass is 15.1. The van der Waals surface area contributed by atoms with Crippen molar-refractivity contribution in [1.82, 2.24) is 9.55 Å². The first-order valence-electron chi connectivity index (χ1n) is 12.0. The Morgan fingerprint density at radius 1 is 0.600 bits per heavy atom. The van der Waals surface area contributed by atoms with Crippen LogP contribution in [-0.4, -0.2) is 9.55 Å². The number of aryl methyl sites for hydroxylation is 2. The second kappa shape index (κ2) is 7.51. The van der Waals surface area contributed by atoms with Crippen LogP contribution in [0.15, 0.2) is 109 Å². The molecule has 2 aromatic heterocycles. The molecule has 3 heteroatoms. The Balaban J connectivity index is 1.72. The van der Waals surface area contributed by atoms with Gasteiger partial charge in [-0.25, -0.2) is 4.98 Å². The number of para-hydroxylation sites is 1. The standard InChI is InChI=1S/C32H24N3/c1-21-11-3-4-12-22(21)30-31-28(19-20-34(30)2)33-32-27-17-8-7-15-25(27)23-13-5-6-14-24(23)26-16-9-10-18-29(26)35(31)32/h3-20H,1-2H3/q+1. The van der Waals surface area contributed by atoms with Crippen LogP contribution < -0.4 is 4.57 Å². The number of fused-ring (bicyclic) bond motifs is 10. The molecular formula is C32H24N3+. The fraction of sp³-hybridized carbons (Fsp3) is 0.0625. The molecule has 7 rings (SSSR count). The van der Waals surface area contributed by atoms with Crippen molar-refractivity contribution >= 4 is 11.0 Å². The summed E-state index contributed by atoms with van der Waals surface area (Å²) >= 11 is 0. The molecule has 1 aliphatic rings. The average molecular weight is 451 g/mol. The molecule has 0 N–H and O–H groups in total. The lowest BCUT2D eigenvalue weighted by Crippen LogP contribution is -2.31. The second-order valence-corrected chi connectivity index (χ2v) is 9.20. The lowest BCUT2D eigenvalue weighted by molar-refractivity contribution is -0.659. The molecule has 0 fully saturated rings. The second-order valence-electron chi connectivity index (χ2n) is 9.20. The van der Waals surface area contributed by atoms with Crippen LogP contribution in [0.25, 0.3) is 61.6 Å².